The third-order valence-corrected chi connectivity index (χ3v) is 4.32. The summed E-state index contributed by atoms with van der Waals surface area (Å²) in [5, 5.41) is 9.62. The van der Waals surface area contributed by atoms with E-state index in [4.69, 9.17) is 4.74 Å². The zero-order valence-electron chi connectivity index (χ0n) is 12.6. The van der Waals surface area contributed by atoms with E-state index in [9.17, 15) is 14.7 Å². The van der Waals surface area contributed by atoms with Crippen LogP contribution in [0.2, 0.25) is 0 Å². The van der Waals surface area contributed by atoms with Gasteiger partial charge in [-0.25, -0.2) is 0 Å². The molecule has 1 aromatic carbocycles. The van der Waals surface area contributed by atoms with Crippen molar-refractivity contribution in [2.75, 3.05) is 31.1 Å². The maximum Gasteiger partial charge on any atom is 0.265 e. The molecule has 118 valence electrons. The lowest BCUT2D eigenvalue weighted by Gasteiger charge is -2.34. The fourth-order valence-corrected chi connectivity index (χ4v) is 2.86. The summed E-state index contributed by atoms with van der Waals surface area (Å²) in [4.78, 5) is 27.7. The summed E-state index contributed by atoms with van der Waals surface area (Å²) in [5.41, 5.74) is 0.454. The van der Waals surface area contributed by atoms with E-state index >= 15 is 0 Å². The van der Waals surface area contributed by atoms with Gasteiger partial charge in [-0.3, -0.25) is 14.5 Å². The fraction of sp³-hybridized carbons (Fsp3) is 0.500. The molecule has 2 amide bonds. The maximum atomic E-state index is 12.4. The second kappa shape index (κ2) is 5.87. The van der Waals surface area contributed by atoms with Crippen molar-refractivity contribution >= 4 is 17.5 Å². The molecule has 6 heteroatoms. The van der Waals surface area contributed by atoms with Crippen molar-refractivity contribution in [1.82, 2.24) is 4.90 Å². The van der Waals surface area contributed by atoms with E-state index in [1.807, 2.05) is 4.90 Å². The molecule has 0 unspecified atom stereocenters. The summed E-state index contributed by atoms with van der Waals surface area (Å²) in [6.07, 6.45) is 2.00. The van der Waals surface area contributed by atoms with Crippen LogP contribution >= 0.6 is 0 Å². The molecule has 0 aliphatic carbocycles. The number of anilines is 1. The van der Waals surface area contributed by atoms with Crippen LogP contribution in [0.25, 0.3) is 0 Å². The van der Waals surface area contributed by atoms with E-state index in [1.54, 1.807) is 6.07 Å². The molecule has 1 saturated heterocycles. The summed E-state index contributed by atoms with van der Waals surface area (Å²) in [6, 6.07) is 4.57. The highest BCUT2D eigenvalue weighted by Crippen LogP contribution is 2.35. The second-order valence-corrected chi connectivity index (χ2v) is 5.98. The van der Waals surface area contributed by atoms with Crippen LogP contribution in [0.1, 0.15) is 19.8 Å². The number of hydrogen-bond acceptors (Lipinski definition) is 4. The number of phenols is 1. The minimum absolute atomic E-state index is 0.00692. The van der Waals surface area contributed by atoms with E-state index in [0.29, 0.717) is 17.4 Å². The zero-order valence-corrected chi connectivity index (χ0v) is 12.6. The molecule has 0 bridgehead atoms. The van der Waals surface area contributed by atoms with Gasteiger partial charge in [-0.15, -0.1) is 0 Å². The van der Waals surface area contributed by atoms with Gasteiger partial charge >= 0.3 is 0 Å². The van der Waals surface area contributed by atoms with Crippen LogP contribution in [0.15, 0.2) is 18.2 Å². The number of hydrogen-bond donors (Lipinski definition) is 1. The molecule has 1 aromatic rings. The van der Waals surface area contributed by atoms with E-state index in [1.165, 1.54) is 17.0 Å². The van der Waals surface area contributed by atoms with Crippen molar-refractivity contribution in [3.05, 3.63) is 18.2 Å². The number of piperidine rings is 1. The summed E-state index contributed by atoms with van der Waals surface area (Å²) in [7, 11) is 0. The molecule has 0 saturated carbocycles. The Kier molecular flexibility index (Phi) is 3.92. The quantitative estimate of drug-likeness (QED) is 0.896. The number of nitrogens with zero attached hydrogens (tertiary/aromatic N) is 2. The van der Waals surface area contributed by atoms with E-state index in [0.717, 1.165) is 25.9 Å². The minimum atomic E-state index is -0.267. The zero-order chi connectivity index (χ0) is 15.7. The van der Waals surface area contributed by atoms with Crippen LogP contribution in [0.5, 0.6) is 11.5 Å². The first-order valence-electron chi connectivity index (χ1n) is 7.58. The number of likely N-dealkylation sites (tertiary alicyclic amines) is 1. The molecule has 2 aliphatic rings. The minimum Gasteiger partial charge on any atom is -0.508 e. The highest BCUT2D eigenvalue weighted by atomic mass is 16.5. The number of aromatic hydroxyl groups is 1. The summed E-state index contributed by atoms with van der Waals surface area (Å²) in [5.74, 6) is 0.874. The lowest BCUT2D eigenvalue weighted by molar-refractivity contribution is -0.133. The van der Waals surface area contributed by atoms with Crippen molar-refractivity contribution in [3.8, 4) is 11.5 Å². The van der Waals surface area contributed by atoms with Gasteiger partial charge in [-0.1, -0.05) is 6.92 Å². The molecule has 0 aromatic heterocycles. The Bertz CT molecular complexity index is 594. The highest BCUT2D eigenvalue weighted by Gasteiger charge is 2.30. The van der Waals surface area contributed by atoms with E-state index < -0.39 is 0 Å². The van der Waals surface area contributed by atoms with Gasteiger partial charge in [0.15, 0.2) is 6.61 Å². The van der Waals surface area contributed by atoms with Crippen molar-refractivity contribution in [2.24, 2.45) is 5.92 Å². The Morgan fingerprint density at radius 3 is 2.82 bits per heavy atom. The smallest absolute Gasteiger partial charge is 0.265 e. The summed E-state index contributed by atoms with van der Waals surface area (Å²) in [6.45, 7) is 3.58. The molecular formula is C16H20N2O4. The Balaban J connectivity index is 1.75. The number of ether oxygens (including phenoxy) is 1. The average molecular weight is 304 g/mol. The van der Waals surface area contributed by atoms with E-state index in [-0.39, 0.29) is 30.7 Å². The van der Waals surface area contributed by atoms with Crippen LogP contribution < -0.4 is 9.64 Å². The van der Waals surface area contributed by atoms with Crippen molar-refractivity contribution in [2.45, 2.75) is 19.8 Å². The van der Waals surface area contributed by atoms with Gasteiger partial charge in [-0.2, -0.15) is 0 Å². The van der Waals surface area contributed by atoms with Gasteiger partial charge in [0.2, 0.25) is 5.91 Å². The number of benzene rings is 1. The molecule has 3 rings (SSSR count). The first-order chi connectivity index (χ1) is 10.5. The Morgan fingerprint density at radius 1 is 1.36 bits per heavy atom. The molecule has 0 spiro atoms. The largest absolute Gasteiger partial charge is 0.508 e. The molecule has 0 atom stereocenters. The standard InChI is InChI=1S/C16H20N2O4/c1-11-4-6-17(7-5-11)15(20)9-18-13-8-12(19)2-3-14(13)22-10-16(18)21/h2-3,8,11,19H,4-7,9-10H2,1H3. The third kappa shape index (κ3) is 2.86. The Hall–Kier alpha value is -2.24. The van der Waals surface area contributed by atoms with Gasteiger partial charge in [0.25, 0.3) is 5.91 Å². The monoisotopic (exact) mass is 304 g/mol. The van der Waals surface area contributed by atoms with Crippen molar-refractivity contribution in [1.29, 1.82) is 0 Å². The fourth-order valence-electron chi connectivity index (χ4n) is 2.86. The number of fused-ring (bicyclic) bond motifs is 1. The Labute approximate surface area is 129 Å². The lowest BCUT2D eigenvalue weighted by Crippen LogP contribution is -2.48. The number of rotatable bonds is 2. The number of amides is 2. The summed E-state index contributed by atoms with van der Waals surface area (Å²) >= 11 is 0. The van der Waals surface area contributed by atoms with Crippen molar-refractivity contribution in [3.63, 3.8) is 0 Å². The number of phenolic OH excluding ortho intramolecular Hbond substituents is 1. The number of carbonyl (C=O) groups excluding carboxylic acids is 2. The first-order valence-corrected chi connectivity index (χ1v) is 7.58. The summed E-state index contributed by atoms with van der Waals surface area (Å²) < 4.78 is 5.33. The predicted octanol–water partition coefficient (Wildman–Crippen LogP) is 1.38. The predicted molar refractivity (Wildman–Crippen MR) is 80.9 cm³/mol. The normalized spacial score (nSPS) is 18.9. The Morgan fingerprint density at radius 2 is 2.09 bits per heavy atom. The van der Waals surface area contributed by atoms with Gasteiger partial charge in [-0.05, 0) is 30.9 Å². The molecule has 2 aliphatic heterocycles. The average Bonchev–Trinajstić information content (AvgIpc) is 2.51. The van der Waals surface area contributed by atoms with Crippen LogP contribution in [0.4, 0.5) is 5.69 Å². The molecule has 22 heavy (non-hydrogen) atoms. The van der Waals surface area contributed by atoms with Crippen LogP contribution in [0.3, 0.4) is 0 Å². The molecule has 1 N–H and O–H groups in total. The molecule has 2 heterocycles. The van der Waals surface area contributed by atoms with Gasteiger partial charge in [0.1, 0.15) is 18.0 Å². The van der Waals surface area contributed by atoms with Crippen molar-refractivity contribution < 1.29 is 19.4 Å². The molecule has 1 fully saturated rings. The van der Waals surface area contributed by atoms with E-state index in [2.05, 4.69) is 6.92 Å². The van der Waals surface area contributed by atoms with Gasteiger partial charge in [0.05, 0.1) is 5.69 Å². The van der Waals surface area contributed by atoms with Crippen LogP contribution in [0, 0.1) is 5.92 Å². The maximum absolute atomic E-state index is 12.4. The molecule has 0 radical (unpaired) electrons. The topological polar surface area (TPSA) is 70.1 Å². The third-order valence-electron chi connectivity index (χ3n) is 4.32. The van der Waals surface area contributed by atoms with Crippen LogP contribution in [-0.2, 0) is 9.59 Å². The first kappa shape index (κ1) is 14.7. The van der Waals surface area contributed by atoms with Crippen LogP contribution in [-0.4, -0.2) is 48.1 Å². The molecule has 6 nitrogen and oxygen atoms in total. The SMILES string of the molecule is CC1CCN(C(=O)CN2C(=O)COc3ccc(O)cc32)CC1. The number of carbonyl (C=O) groups is 2. The molecular weight excluding hydrogens is 284 g/mol. The van der Waals surface area contributed by atoms with Gasteiger partial charge < -0.3 is 14.7 Å². The second-order valence-electron chi connectivity index (χ2n) is 5.98. The lowest BCUT2D eigenvalue weighted by atomic mass is 9.99. The van der Waals surface area contributed by atoms with Gasteiger partial charge in [0, 0.05) is 19.2 Å². The highest BCUT2D eigenvalue weighted by molar-refractivity contribution is 6.02.